The Bertz CT molecular complexity index is 1130. The maximum atomic E-state index is 12.5. The first-order valence-corrected chi connectivity index (χ1v) is 12.7. The van der Waals surface area contributed by atoms with E-state index in [1.54, 1.807) is 31.4 Å². The molecule has 2 aromatic rings. The van der Waals surface area contributed by atoms with Gasteiger partial charge in [0.1, 0.15) is 11.0 Å². The molecule has 0 unspecified atom stereocenters. The first-order valence-electron chi connectivity index (χ1n) is 11.8. The van der Waals surface area contributed by atoms with Crippen molar-refractivity contribution in [1.82, 2.24) is 10.2 Å². The number of nitrogens with one attached hydrogen (secondary N) is 2. The summed E-state index contributed by atoms with van der Waals surface area (Å²) in [5.74, 6) is 0.121. The molecule has 35 heavy (non-hydrogen) atoms. The average Bonchev–Trinajstić information content (AvgIpc) is 3.50. The second-order valence-electron chi connectivity index (χ2n) is 8.68. The molecule has 8 nitrogen and oxygen atoms in total. The Morgan fingerprint density at radius 1 is 1.14 bits per heavy atom. The molecule has 2 heterocycles. The number of ether oxygens (including phenoxy) is 1. The van der Waals surface area contributed by atoms with E-state index in [0.717, 1.165) is 48.0 Å². The van der Waals surface area contributed by atoms with E-state index < -0.39 is 5.25 Å². The van der Waals surface area contributed by atoms with Gasteiger partial charge in [-0.25, -0.2) is 0 Å². The minimum atomic E-state index is -0.484. The molecular weight excluding hydrogens is 464 g/mol. The second-order valence-corrected chi connectivity index (χ2v) is 9.85. The molecule has 1 atom stereocenters. The number of aryl methyl sites for hydroxylation is 1. The third kappa shape index (κ3) is 6.42. The number of benzene rings is 2. The van der Waals surface area contributed by atoms with Crippen LogP contribution in [0.3, 0.4) is 0 Å². The fraction of sp³-hybridized carbons (Fsp3) is 0.385. The highest BCUT2D eigenvalue weighted by molar-refractivity contribution is 8.15. The number of aliphatic imine (C=N–C) groups is 1. The van der Waals surface area contributed by atoms with Gasteiger partial charge in [0.2, 0.25) is 5.91 Å². The number of amides is 3. The summed E-state index contributed by atoms with van der Waals surface area (Å²) in [6.45, 7) is 4.33. The summed E-state index contributed by atoms with van der Waals surface area (Å²) in [6.07, 6.45) is 2.93. The number of hydrogen-bond acceptors (Lipinski definition) is 6. The zero-order valence-electron chi connectivity index (χ0n) is 20.0. The zero-order valence-corrected chi connectivity index (χ0v) is 20.8. The summed E-state index contributed by atoms with van der Waals surface area (Å²) in [7, 11) is 1.64. The van der Waals surface area contributed by atoms with Gasteiger partial charge in [-0.15, -0.1) is 0 Å². The smallest absolute Gasteiger partial charge is 0.262 e. The van der Waals surface area contributed by atoms with Crippen LogP contribution in [0.5, 0.6) is 5.75 Å². The van der Waals surface area contributed by atoms with E-state index in [9.17, 15) is 14.4 Å². The fourth-order valence-corrected chi connectivity index (χ4v) is 5.27. The maximum absolute atomic E-state index is 12.5. The van der Waals surface area contributed by atoms with Crippen molar-refractivity contribution in [2.75, 3.05) is 32.1 Å². The number of likely N-dealkylation sites (tertiary alicyclic amines) is 1. The number of carbonyl (C=O) groups excluding carboxylic acids is 3. The predicted octanol–water partition coefficient (Wildman–Crippen LogP) is 3.40. The number of carbonyl (C=O) groups is 3. The van der Waals surface area contributed by atoms with Crippen LogP contribution in [0.4, 0.5) is 5.69 Å². The van der Waals surface area contributed by atoms with Gasteiger partial charge in [0.25, 0.3) is 11.8 Å². The lowest BCUT2D eigenvalue weighted by molar-refractivity contribution is -0.121. The summed E-state index contributed by atoms with van der Waals surface area (Å²) in [5, 5.41) is 5.98. The van der Waals surface area contributed by atoms with Crippen LogP contribution in [0.25, 0.3) is 0 Å². The predicted molar refractivity (Wildman–Crippen MR) is 138 cm³/mol. The van der Waals surface area contributed by atoms with Gasteiger partial charge in [-0.1, -0.05) is 29.5 Å². The largest absolute Gasteiger partial charge is 0.496 e. The Morgan fingerprint density at radius 2 is 1.89 bits per heavy atom. The molecule has 0 bridgehead atoms. The summed E-state index contributed by atoms with van der Waals surface area (Å²) in [5.41, 5.74) is 3.26. The molecule has 1 fully saturated rings. The average molecular weight is 495 g/mol. The van der Waals surface area contributed by atoms with Gasteiger partial charge in [0.05, 0.1) is 7.11 Å². The number of thioether (sulfide) groups is 1. The molecule has 9 heteroatoms. The third-order valence-electron chi connectivity index (χ3n) is 6.02. The van der Waals surface area contributed by atoms with E-state index in [4.69, 9.17) is 4.74 Å². The van der Waals surface area contributed by atoms with Gasteiger partial charge in [-0.2, -0.15) is 4.99 Å². The summed E-state index contributed by atoms with van der Waals surface area (Å²) < 4.78 is 5.39. The number of anilines is 1. The van der Waals surface area contributed by atoms with Crippen LogP contribution in [0.1, 0.15) is 40.7 Å². The van der Waals surface area contributed by atoms with Crippen molar-refractivity contribution in [2.45, 2.75) is 37.9 Å². The number of nitrogens with zero attached hydrogens (tertiary/aromatic N) is 2. The first kappa shape index (κ1) is 24.8. The molecule has 2 aromatic carbocycles. The van der Waals surface area contributed by atoms with E-state index in [2.05, 4.69) is 26.6 Å². The Labute approximate surface area is 209 Å². The third-order valence-corrected chi connectivity index (χ3v) is 7.24. The van der Waals surface area contributed by atoms with Gasteiger partial charge in [0.15, 0.2) is 5.17 Å². The highest BCUT2D eigenvalue weighted by Crippen LogP contribution is 2.29. The molecule has 0 radical (unpaired) electrons. The van der Waals surface area contributed by atoms with Crippen molar-refractivity contribution in [3.63, 3.8) is 0 Å². The Balaban J connectivity index is 1.23. The van der Waals surface area contributed by atoms with Crippen LogP contribution < -0.4 is 15.4 Å². The molecule has 0 spiro atoms. The van der Waals surface area contributed by atoms with Crippen molar-refractivity contribution in [2.24, 2.45) is 4.99 Å². The summed E-state index contributed by atoms with van der Waals surface area (Å²) >= 11 is 1.37. The molecular formula is C26H30N4O4S. The van der Waals surface area contributed by atoms with Gasteiger partial charge in [-0.3, -0.25) is 14.4 Å². The highest BCUT2D eigenvalue weighted by Gasteiger charge is 2.33. The quantitative estimate of drug-likeness (QED) is 0.584. The minimum absolute atomic E-state index is 0.0645. The van der Waals surface area contributed by atoms with Gasteiger partial charge >= 0.3 is 0 Å². The van der Waals surface area contributed by atoms with E-state index in [0.29, 0.717) is 24.2 Å². The Hall–Kier alpha value is -3.33. The van der Waals surface area contributed by atoms with Crippen LogP contribution in [0, 0.1) is 6.92 Å². The summed E-state index contributed by atoms with van der Waals surface area (Å²) in [6, 6.07) is 12.7. The topological polar surface area (TPSA) is 100 Å². The zero-order chi connectivity index (χ0) is 24.8. The van der Waals surface area contributed by atoms with Crippen LogP contribution >= 0.6 is 11.8 Å². The van der Waals surface area contributed by atoms with Crippen molar-refractivity contribution >= 4 is 40.3 Å². The van der Waals surface area contributed by atoms with Crippen LogP contribution in [0.2, 0.25) is 0 Å². The maximum Gasteiger partial charge on any atom is 0.262 e. The monoisotopic (exact) mass is 494 g/mol. The molecule has 0 aromatic heterocycles. The molecule has 0 saturated carbocycles. The highest BCUT2D eigenvalue weighted by atomic mass is 32.2. The molecule has 2 aliphatic heterocycles. The van der Waals surface area contributed by atoms with Crippen molar-refractivity contribution < 1.29 is 19.1 Å². The molecule has 0 aliphatic carbocycles. The van der Waals surface area contributed by atoms with E-state index in [1.807, 2.05) is 19.1 Å². The number of rotatable bonds is 8. The van der Waals surface area contributed by atoms with Gasteiger partial charge in [-0.05, 0) is 62.1 Å². The normalized spacial score (nSPS) is 17.3. The molecule has 4 rings (SSSR count). The SMILES string of the molecule is COc1ccc(C)cc1CCNC(=O)c1ccc(NC(=O)C[C@H]2SC(N3CCCC3)=NC2=O)cc1. The fourth-order valence-electron chi connectivity index (χ4n) is 4.15. The number of methoxy groups -OCH3 is 1. The van der Waals surface area contributed by atoms with Crippen LogP contribution in [0.15, 0.2) is 47.5 Å². The van der Waals surface area contributed by atoms with Gasteiger partial charge < -0.3 is 20.3 Å². The van der Waals surface area contributed by atoms with E-state index >= 15 is 0 Å². The lowest BCUT2D eigenvalue weighted by Gasteiger charge is -2.16. The summed E-state index contributed by atoms with van der Waals surface area (Å²) in [4.78, 5) is 43.5. The molecule has 1 saturated heterocycles. The molecule has 184 valence electrons. The van der Waals surface area contributed by atoms with E-state index in [1.165, 1.54) is 11.8 Å². The second kappa shape index (κ2) is 11.4. The number of hydrogen-bond donors (Lipinski definition) is 2. The standard InChI is InChI=1S/C26H30N4O4S/c1-17-5-10-21(34-2)19(15-17)11-12-27-24(32)18-6-8-20(9-7-18)28-23(31)16-22-25(33)29-26(35-22)30-13-3-4-14-30/h5-10,15,22H,3-4,11-14,16H2,1-2H3,(H,27,32)(H,28,31)/t22-/m1/s1. The Kier molecular flexibility index (Phi) is 8.07. The van der Waals surface area contributed by atoms with Crippen molar-refractivity contribution in [3.05, 3.63) is 59.2 Å². The molecule has 2 N–H and O–H groups in total. The Morgan fingerprint density at radius 3 is 2.60 bits per heavy atom. The number of amidine groups is 1. The van der Waals surface area contributed by atoms with Crippen LogP contribution in [-0.2, 0) is 16.0 Å². The van der Waals surface area contributed by atoms with Gasteiger partial charge in [0, 0.05) is 37.3 Å². The molecule has 3 amide bonds. The lowest BCUT2D eigenvalue weighted by Crippen LogP contribution is -2.26. The molecule has 2 aliphatic rings. The first-order chi connectivity index (χ1) is 16.9. The van der Waals surface area contributed by atoms with E-state index in [-0.39, 0.29) is 24.1 Å². The van der Waals surface area contributed by atoms with Crippen LogP contribution in [-0.4, -0.2) is 59.8 Å². The minimum Gasteiger partial charge on any atom is -0.496 e. The van der Waals surface area contributed by atoms with Crippen molar-refractivity contribution in [1.29, 1.82) is 0 Å². The van der Waals surface area contributed by atoms with Crippen molar-refractivity contribution in [3.8, 4) is 5.75 Å². The lowest BCUT2D eigenvalue weighted by atomic mass is 10.1.